The van der Waals surface area contributed by atoms with Gasteiger partial charge in [-0.25, -0.2) is 4.90 Å². The highest BCUT2D eigenvalue weighted by molar-refractivity contribution is 8.04. The number of carbonyl (C=O) groups is 2. The van der Waals surface area contributed by atoms with Gasteiger partial charge < -0.3 is 4.90 Å². The van der Waals surface area contributed by atoms with Gasteiger partial charge in [-0.2, -0.15) is 0 Å². The maximum atomic E-state index is 13.8. The molecule has 0 saturated carbocycles. The van der Waals surface area contributed by atoms with Crippen LogP contribution in [0.1, 0.15) is 36.5 Å². The molecular formula is C28H25ClN2O2S. The summed E-state index contributed by atoms with van der Waals surface area (Å²) in [7, 11) is 0. The van der Waals surface area contributed by atoms with Crippen molar-refractivity contribution in [3.63, 3.8) is 0 Å². The van der Waals surface area contributed by atoms with Crippen LogP contribution in [0.2, 0.25) is 5.02 Å². The Balaban J connectivity index is 1.53. The quantitative estimate of drug-likeness (QED) is 0.390. The summed E-state index contributed by atoms with van der Waals surface area (Å²) in [5, 5.41) is 0.631. The van der Waals surface area contributed by atoms with Gasteiger partial charge >= 0.3 is 0 Å². The molecule has 0 aliphatic carbocycles. The summed E-state index contributed by atoms with van der Waals surface area (Å²) in [6, 6.07) is 23.3. The number of carbonyl (C=O) groups excluding carboxylic acids is 2. The van der Waals surface area contributed by atoms with Crippen molar-refractivity contribution in [1.29, 1.82) is 0 Å². The minimum Gasteiger partial charge on any atom is -0.361 e. The number of rotatable bonds is 5. The molecule has 0 unspecified atom stereocenters. The van der Waals surface area contributed by atoms with Crippen LogP contribution in [-0.2, 0) is 22.6 Å². The summed E-state index contributed by atoms with van der Waals surface area (Å²) in [6.45, 7) is 5.54. The molecule has 4 nitrogen and oxygen atoms in total. The van der Waals surface area contributed by atoms with Crippen molar-refractivity contribution in [2.45, 2.75) is 37.6 Å². The molecule has 0 saturated heterocycles. The zero-order chi connectivity index (χ0) is 23.8. The molecule has 2 aliphatic rings. The molecule has 0 N–H and O–H groups in total. The molecule has 0 aromatic heterocycles. The standard InChI is InChI=1S/C28H25ClN2O2S/c1-18(2)19-7-11-23(12-8-19)31-27(32)25(30-16-15-20-5-3-4-6-21(20)17-30)26(28(31)33)34-24-13-9-22(29)10-14-24/h3-14,18H,15-17H2,1-2H3. The second-order valence-electron chi connectivity index (χ2n) is 8.87. The predicted molar refractivity (Wildman–Crippen MR) is 138 cm³/mol. The molecule has 3 aromatic rings. The number of anilines is 1. The first-order valence-electron chi connectivity index (χ1n) is 11.4. The molecule has 6 heteroatoms. The Morgan fingerprint density at radius 1 is 0.853 bits per heavy atom. The van der Waals surface area contributed by atoms with Gasteiger partial charge in [-0.3, -0.25) is 9.59 Å². The van der Waals surface area contributed by atoms with Crippen molar-refractivity contribution in [3.05, 3.63) is 105 Å². The number of thioether (sulfide) groups is 1. The molecule has 2 aliphatic heterocycles. The van der Waals surface area contributed by atoms with Crippen molar-refractivity contribution < 1.29 is 9.59 Å². The van der Waals surface area contributed by atoms with Gasteiger partial charge in [0.2, 0.25) is 0 Å². The van der Waals surface area contributed by atoms with Gasteiger partial charge in [-0.05, 0) is 65.4 Å². The lowest BCUT2D eigenvalue weighted by atomic mass is 9.99. The molecule has 34 heavy (non-hydrogen) atoms. The van der Waals surface area contributed by atoms with Gasteiger partial charge in [0.15, 0.2) is 0 Å². The van der Waals surface area contributed by atoms with Crippen molar-refractivity contribution in [3.8, 4) is 0 Å². The Labute approximate surface area is 209 Å². The normalized spacial score (nSPS) is 16.0. The van der Waals surface area contributed by atoms with Crippen LogP contribution in [0.25, 0.3) is 0 Å². The monoisotopic (exact) mass is 488 g/mol. The smallest absolute Gasteiger partial charge is 0.283 e. The van der Waals surface area contributed by atoms with Crippen LogP contribution < -0.4 is 4.90 Å². The van der Waals surface area contributed by atoms with E-state index in [4.69, 9.17) is 11.6 Å². The van der Waals surface area contributed by atoms with Crippen LogP contribution in [0.15, 0.2) is 88.3 Å². The average molecular weight is 489 g/mol. The fourth-order valence-corrected chi connectivity index (χ4v) is 5.54. The summed E-state index contributed by atoms with van der Waals surface area (Å²) in [4.78, 5) is 32.2. The molecule has 2 heterocycles. The van der Waals surface area contributed by atoms with Crippen molar-refractivity contribution in [1.82, 2.24) is 4.90 Å². The van der Waals surface area contributed by atoms with E-state index in [9.17, 15) is 9.59 Å². The topological polar surface area (TPSA) is 40.6 Å². The number of imide groups is 1. The predicted octanol–water partition coefficient (Wildman–Crippen LogP) is 6.40. The number of halogens is 1. The van der Waals surface area contributed by atoms with Crippen LogP contribution in [-0.4, -0.2) is 23.3 Å². The highest BCUT2D eigenvalue weighted by Crippen LogP contribution is 2.40. The summed E-state index contributed by atoms with van der Waals surface area (Å²) >= 11 is 7.39. The minimum absolute atomic E-state index is 0.266. The Bertz CT molecular complexity index is 1280. The summed E-state index contributed by atoms with van der Waals surface area (Å²) in [6.07, 6.45) is 0.836. The van der Waals surface area contributed by atoms with Crippen molar-refractivity contribution in [2.75, 3.05) is 11.4 Å². The zero-order valence-corrected chi connectivity index (χ0v) is 20.7. The Morgan fingerprint density at radius 3 is 2.21 bits per heavy atom. The van der Waals surface area contributed by atoms with Crippen LogP contribution in [0.5, 0.6) is 0 Å². The third-order valence-corrected chi connectivity index (χ3v) is 7.65. The number of hydrogen-bond acceptors (Lipinski definition) is 4. The number of amides is 2. The lowest BCUT2D eigenvalue weighted by Gasteiger charge is -2.31. The number of fused-ring (bicyclic) bond motifs is 1. The third-order valence-electron chi connectivity index (χ3n) is 6.32. The summed E-state index contributed by atoms with van der Waals surface area (Å²) < 4.78 is 0. The number of hydrogen-bond donors (Lipinski definition) is 0. The second-order valence-corrected chi connectivity index (χ2v) is 10.4. The first kappa shape index (κ1) is 22.8. The third kappa shape index (κ3) is 4.26. The zero-order valence-electron chi connectivity index (χ0n) is 19.1. The van der Waals surface area contributed by atoms with Gasteiger partial charge in [-0.1, -0.05) is 73.6 Å². The largest absolute Gasteiger partial charge is 0.361 e. The SMILES string of the molecule is CC(C)c1ccc(N2C(=O)C(Sc3ccc(Cl)cc3)=C(N3CCc4ccccc4C3)C2=O)cc1. The van der Waals surface area contributed by atoms with E-state index in [0.29, 0.717) is 40.3 Å². The lowest BCUT2D eigenvalue weighted by Crippen LogP contribution is -2.37. The average Bonchev–Trinajstić information content (AvgIpc) is 3.09. The number of benzene rings is 3. The van der Waals surface area contributed by atoms with Crippen LogP contribution >= 0.6 is 23.4 Å². The second kappa shape index (κ2) is 9.32. The molecule has 2 amide bonds. The first-order valence-corrected chi connectivity index (χ1v) is 12.6. The maximum absolute atomic E-state index is 13.8. The molecule has 0 atom stereocenters. The van der Waals surface area contributed by atoms with E-state index in [2.05, 4.69) is 30.9 Å². The van der Waals surface area contributed by atoms with Crippen molar-refractivity contribution in [2.24, 2.45) is 0 Å². The van der Waals surface area contributed by atoms with E-state index in [-0.39, 0.29) is 11.8 Å². The Kier molecular flexibility index (Phi) is 6.24. The molecule has 0 spiro atoms. The highest BCUT2D eigenvalue weighted by atomic mass is 35.5. The van der Waals surface area contributed by atoms with Crippen LogP contribution in [0.3, 0.4) is 0 Å². The highest BCUT2D eigenvalue weighted by Gasteiger charge is 2.43. The molecule has 0 fully saturated rings. The van der Waals surface area contributed by atoms with E-state index in [1.54, 1.807) is 12.1 Å². The minimum atomic E-state index is -0.281. The fourth-order valence-electron chi connectivity index (χ4n) is 4.42. The lowest BCUT2D eigenvalue weighted by molar-refractivity contribution is -0.121. The van der Waals surface area contributed by atoms with Gasteiger partial charge in [0, 0.05) is 23.0 Å². The van der Waals surface area contributed by atoms with Gasteiger partial charge in [0.05, 0.1) is 5.69 Å². The maximum Gasteiger partial charge on any atom is 0.283 e. The van der Waals surface area contributed by atoms with Gasteiger partial charge in [0.25, 0.3) is 11.8 Å². The van der Waals surface area contributed by atoms with E-state index >= 15 is 0 Å². The first-order chi connectivity index (χ1) is 16.4. The van der Waals surface area contributed by atoms with Crippen LogP contribution in [0, 0.1) is 0 Å². The van der Waals surface area contributed by atoms with E-state index in [0.717, 1.165) is 11.3 Å². The molecule has 0 radical (unpaired) electrons. The van der Waals surface area contributed by atoms with Crippen LogP contribution in [0.4, 0.5) is 5.69 Å². The van der Waals surface area contributed by atoms with Gasteiger partial charge in [-0.15, -0.1) is 0 Å². The number of nitrogens with zero attached hydrogens (tertiary/aromatic N) is 2. The molecule has 5 rings (SSSR count). The molecule has 0 bridgehead atoms. The summed E-state index contributed by atoms with van der Waals surface area (Å²) in [5.74, 6) is -0.175. The van der Waals surface area contributed by atoms with Crippen molar-refractivity contribution >= 4 is 40.9 Å². The Hall–Kier alpha value is -3.02. The van der Waals surface area contributed by atoms with E-state index in [1.165, 1.54) is 33.4 Å². The fraction of sp³-hybridized carbons (Fsp3) is 0.214. The van der Waals surface area contributed by atoms with E-state index < -0.39 is 0 Å². The van der Waals surface area contributed by atoms with Gasteiger partial charge in [0.1, 0.15) is 10.6 Å². The molecular weight excluding hydrogens is 464 g/mol. The van der Waals surface area contributed by atoms with E-state index in [1.807, 2.05) is 48.5 Å². The summed E-state index contributed by atoms with van der Waals surface area (Å²) in [5.41, 5.74) is 4.73. The molecule has 3 aromatic carbocycles. The molecule has 172 valence electrons. The Morgan fingerprint density at radius 2 is 1.53 bits per heavy atom.